The lowest BCUT2D eigenvalue weighted by atomic mass is 10.1. The van der Waals surface area contributed by atoms with Crippen molar-refractivity contribution in [3.05, 3.63) is 47.5 Å². The number of fused-ring (bicyclic) bond motifs is 1. The summed E-state index contributed by atoms with van der Waals surface area (Å²) in [6.07, 6.45) is 0. The fraction of sp³-hybridized carbons (Fsp3) is 0.381. The summed E-state index contributed by atoms with van der Waals surface area (Å²) >= 11 is 0. The van der Waals surface area contributed by atoms with Crippen LogP contribution in [0.25, 0.3) is 0 Å². The minimum atomic E-state index is -0.0382. The van der Waals surface area contributed by atoms with Crippen LogP contribution in [0.2, 0.25) is 0 Å². The highest BCUT2D eigenvalue weighted by atomic mass is 16.6. The number of nitrogens with zero attached hydrogens (tertiary/aromatic N) is 2. The number of amides is 2. The van der Waals surface area contributed by atoms with Gasteiger partial charge in [-0.2, -0.15) is 0 Å². The van der Waals surface area contributed by atoms with Crippen molar-refractivity contribution in [3.8, 4) is 11.5 Å². The highest BCUT2D eigenvalue weighted by Crippen LogP contribution is 2.34. The van der Waals surface area contributed by atoms with Crippen LogP contribution in [-0.4, -0.2) is 50.3 Å². The van der Waals surface area contributed by atoms with Gasteiger partial charge in [0.25, 0.3) is 0 Å². The van der Waals surface area contributed by atoms with Gasteiger partial charge in [0.1, 0.15) is 13.2 Å². The lowest BCUT2D eigenvalue weighted by molar-refractivity contribution is 0.171. The SMILES string of the molecule is Cc1ccc(NC(=O)N2CCN(c3ccc4c(c3)OCCO4)CC2)c(C)c1. The standard InChI is InChI=1S/C21H25N3O3/c1-15-3-5-18(16(2)13-15)22-21(25)24-9-7-23(8-10-24)17-4-6-19-20(14-17)27-12-11-26-19/h3-6,13-14H,7-12H2,1-2H3,(H,22,25). The summed E-state index contributed by atoms with van der Waals surface area (Å²) < 4.78 is 11.3. The molecule has 2 heterocycles. The number of urea groups is 1. The van der Waals surface area contributed by atoms with E-state index in [0.29, 0.717) is 26.3 Å². The largest absolute Gasteiger partial charge is 0.486 e. The van der Waals surface area contributed by atoms with Crippen LogP contribution in [0.1, 0.15) is 11.1 Å². The Bertz CT molecular complexity index is 845. The molecule has 4 rings (SSSR count). The van der Waals surface area contributed by atoms with Gasteiger partial charge in [-0.1, -0.05) is 17.7 Å². The fourth-order valence-electron chi connectivity index (χ4n) is 3.54. The molecule has 0 saturated carbocycles. The van der Waals surface area contributed by atoms with E-state index in [9.17, 15) is 4.79 Å². The molecule has 27 heavy (non-hydrogen) atoms. The number of rotatable bonds is 2. The molecule has 0 spiro atoms. The smallest absolute Gasteiger partial charge is 0.321 e. The van der Waals surface area contributed by atoms with Gasteiger partial charge in [-0.15, -0.1) is 0 Å². The van der Waals surface area contributed by atoms with Crippen LogP contribution in [0, 0.1) is 13.8 Å². The van der Waals surface area contributed by atoms with Crippen LogP contribution >= 0.6 is 0 Å². The maximum absolute atomic E-state index is 12.6. The Labute approximate surface area is 159 Å². The Morgan fingerprint density at radius 1 is 0.926 bits per heavy atom. The van der Waals surface area contributed by atoms with Gasteiger partial charge in [0.15, 0.2) is 11.5 Å². The van der Waals surface area contributed by atoms with Gasteiger partial charge in [0, 0.05) is 43.6 Å². The molecule has 2 aromatic carbocycles. The molecule has 1 N–H and O–H groups in total. The van der Waals surface area contributed by atoms with Crippen molar-refractivity contribution >= 4 is 17.4 Å². The maximum Gasteiger partial charge on any atom is 0.321 e. The second kappa shape index (κ2) is 7.39. The summed E-state index contributed by atoms with van der Waals surface area (Å²) in [5, 5.41) is 3.03. The molecule has 0 radical (unpaired) electrons. The summed E-state index contributed by atoms with van der Waals surface area (Å²) in [5.74, 6) is 1.60. The van der Waals surface area contributed by atoms with Gasteiger partial charge < -0.3 is 24.6 Å². The Morgan fingerprint density at radius 3 is 2.41 bits per heavy atom. The number of nitrogens with one attached hydrogen (secondary N) is 1. The van der Waals surface area contributed by atoms with Gasteiger partial charge in [-0.05, 0) is 37.6 Å². The van der Waals surface area contributed by atoms with Crippen molar-refractivity contribution in [2.24, 2.45) is 0 Å². The average molecular weight is 367 g/mol. The first-order valence-corrected chi connectivity index (χ1v) is 9.38. The third-order valence-electron chi connectivity index (χ3n) is 5.08. The number of carbonyl (C=O) groups is 1. The molecule has 0 atom stereocenters. The van der Waals surface area contributed by atoms with Gasteiger partial charge in [0.05, 0.1) is 0 Å². The molecule has 142 valence electrons. The second-order valence-electron chi connectivity index (χ2n) is 7.05. The molecule has 6 nitrogen and oxygen atoms in total. The lowest BCUT2D eigenvalue weighted by Gasteiger charge is -2.36. The van der Waals surface area contributed by atoms with E-state index in [1.54, 1.807) is 0 Å². The topological polar surface area (TPSA) is 54.0 Å². The van der Waals surface area contributed by atoms with E-state index < -0.39 is 0 Å². The number of aryl methyl sites for hydroxylation is 2. The van der Waals surface area contributed by atoms with Gasteiger partial charge >= 0.3 is 6.03 Å². The van der Waals surface area contributed by atoms with E-state index >= 15 is 0 Å². The van der Waals surface area contributed by atoms with Crippen molar-refractivity contribution in [2.75, 3.05) is 49.6 Å². The van der Waals surface area contributed by atoms with Crippen LogP contribution in [0.3, 0.4) is 0 Å². The van der Waals surface area contributed by atoms with E-state index in [2.05, 4.69) is 29.3 Å². The summed E-state index contributed by atoms with van der Waals surface area (Å²) in [6, 6.07) is 12.1. The molecule has 6 heteroatoms. The third kappa shape index (κ3) is 3.79. The van der Waals surface area contributed by atoms with Crippen LogP contribution in [0.15, 0.2) is 36.4 Å². The average Bonchev–Trinajstić information content (AvgIpc) is 2.70. The van der Waals surface area contributed by atoms with Crippen LogP contribution in [0.4, 0.5) is 16.2 Å². The van der Waals surface area contributed by atoms with Crippen molar-refractivity contribution < 1.29 is 14.3 Å². The van der Waals surface area contributed by atoms with Crippen molar-refractivity contribution in [3.63, 3.8) is 0 Å². The molecule has 0 aliphatic carbocycles. The van der Waals surface area contributed by atoms with Gasteiger partial charge in [-0.3, -0.25) is 0 Å². The van der Waals surface area contributed by atoms with Crippen molar-refractivity contribution in [1.82, 2.24) is 4.90 Å². The molecule has 2 aliphatic rings. The van der Waals surface area contributed by atoms with Crippen molar-refractivity contribution in [2.45, 2.75) is 13.8 Å². The third-order valence-corrected chi connectivity index (χ3v) is 5.08. The second-order valence-corrected chi connectivity index (χ2v) is 7.05. The molecule has 0 bridgehead atoms. The van der Waals surface area contributed by atoms with E-state index in [0.717, 1.165) is 41.5 Å². The number of piperazine rings is 1. The molecule has 2 aliphatic heterocycles. The Kier molecular flexibility index (Phi) is 4.79. The number of anilines is 2. The lowest BCUT2D eigenvalue weighted by Crippen LogP contribution is -2.50. The summed E-state index contributed by atoms with van der Waals surface area (Å²) in [7, 11) is 0. The Hall–Kier alpha value is -2.89. The summed E-state index contributed by atoms with van der Waals surface area (Å²) in [5.41, 5.74) is 4.25. The van der Waals surface area contributed by atoms with E-state index in [1.165, 1.54) is 5.56 Å². The van der Waals surface area contributed by atoms with Crippen LogP contribution < -0.4 is 19.7 Å². The molecular weight excluding hydrogens is 342 g/mol. The highest BCUT2D eigenvalue weighted by Gasteiger charge is 2.23. The Balaban J connectivity index is 1.36. The van der Waals surface area contributed by atoms with Gasteiger partial charge in [-0.25, -0.2) is 4.79 Å². The molecule has 2 aromatic rings. The first kappa shape index (κ1) is 17.5. The van der Waals surface area contributed by atoms with Crippen LogP contribution in [-0.2, 0) is 0 Å². The normalized spacial score (nSPS) is 16.2. The van der Waals surface area contributed by atoms with E-state index in [-0.39, 0.29) is 6.03 Å². The first-order valence-electron chi connectivity index (χ1n) is 9.38. The molecular formula is C21H25N3O3. The monoisotopic (exact) mass is 367 g/mol. The summed E-state index contributed by atoms with van der Waals surface area (Å²) in [4.78, 5) is 16.7. The zero-order chi connectivity index (χ0) is 18.8. The predicted octanol–water partition coefficient (Wildman–Crippen LogP) is 3.43. The molecule has 1 fully saturated rings. The molecule has 1 saturated heterocycles. The van der Waals surface area contributed by atoms with E-state index in [4.69, 9.17) is 9.47 Å². The van der Waals surface area contributed by atoms with Gasteiger partial charge in [0.2, 0.25) is 0 Å². The van der Waals surface area contributed by atoms with E-state index in [1.807, 2.05) is 36.1 Å². The maximum atomic E-state index is 12.6. The van der Waals surface area contributed by atoms with Crippen molar-refractivity contribution in [1.29, 1.82) is 0 Å². The van der Waals surface area contributed by atoms with Crippen LogP contribution in [0.5, 0.6) is 11.5 Å². The minimum absolute atomic E-state index is 0.0382. The number of hydrogen-bond donors (Lipinski definition) is 1. The molecule has 0 aromatic heterocycles. The zero-order valence-electron chi connectivity index (χ0n) is 15.8. The first-order chi connectivity index (χ1) is 13.1. The quantitative estimate of drug-likeness (QED) is 0.884. The predicted molar refractivity (Wildman–Crippen MR) is 106 cm³/mol. The fourth-order valence-corrected chi connectivity index (χ4v) is 3.54. The summed E-state index contributed by atoms with van der Waals surface area (Å²) in [6.45, 7) is 8.21. The number of benzene rings is 2. The zero-order valence-corrected chi connectivity index (χ0v) is 15.8. The minimum Gasteiger partial charge on any atom is -0.486 e. The highest BCUT2D eigenvalue weighted by molar-refractivity contribution is 5.90. The molecule has 2 amide bonds. The number of ether oxygens (including phenoxy) is 2. The Morgan fingerprint density at radius 2 is 1.67 bits per heavy atom. The number of carbonyl (C=O) groups excluding carboxylic acids is 1. The number of hydrogen-bond acceptors (Lipinski definition) is 4. The molecule has 0 unspecified atom stereocenters.